The van der Waals surface area contributed by atoms with E-state index in [1.165, 1.54) is 5.56 Å². The van der Waals surface area contributed by atoms with Crippen LogP contribution in [0.4, 0.5) is 0 Å². The standard InChI is InChI=1S/C16H25NO2/c1-3-10-17-15(4-2)14-7-5-6-8-16(14)19-13-9-11-18-12-13/h5-8,13,15,17H,3-4,9-12H2,1-2H3. The van der Waals surface area contributed by atoms with Crippen LogP contribution in [0.2, 0.25) is 0 Å². The SMILES string of the molecule is CCCNC(CC)c1ccccc1OC1CCOC1. The van der Waals surface area contributed by atoms with Crippen molar-refractivity contribution in [1.82, 2.24) is 5.32 Å². The van der Waals surface area contributed by atoms with Crippen molar-refractivity contribution >= 4 is 0 Å². The molecule has 3 heteroatoms. The molecule has 1 aromatic carbocycles. The van der Waals surface area contributed by atoms with Gasteiger partial charge in [0.25, 0.3) is 0 Å². The number of benzene rings is 1. The first kappa shape index (κ1) is 14.4. The van der Waals surface area contributed by atoms with Crippen LogP contribution < -0.4 is 10.1 Å². The third kappa shape index (κ3) is 3.95. The minimum atomic E-state index is 0.213. The Morgan fingerprint density at radius 1 is 1.37 bits per heavy atom. The summed E-state index contributed by atoms with van der Waals surface area (Å²) >= 11 is 0. The Morgan fingerprint density at radius 3 is 2.89 bits per heavy atom. The molecule has 1 saturated heterocycles. The fraction of sp³-hybridized carbons (Fsp3) is 0.625. The summed E-state index contributed by atoms with van der Waals surface area (Å²) < 4.78 is 11.5. The Kier molecular flexibility index (Phi) is 5.67. The van der Waals surface area contributed by atoms with Gasteiger partial charge < -0.3 is 14.8 Å². The van der Waals surface area contributed by atoms with Gasteiger partial charge in [-0.2, -0.15) is 0 Å². The summed E-state index contributed by atoms with van der Waals surface area (Å²) in [6.07, 6.45) is 3.43. The molecule has 0 spiro atoms. The molecule has 0 aromatic heterocycles. The van der Waals surface area contributed by atoms with Gasteiger partial charge in [-0.05, 0) is 25.5 Å². The van der Waals surface area contributed by atoms with E-state index in [-0.39, 0.29) is 6.10 Å². The van der Waals surface area contributed by atoms with Crippen molar-refractivity contribution in [2.45, 2.75) is 45.3 Å². The molecular formula is C16H25NO2. The monoisotopic (exact) mass is 263 g/mol. The second-order valence-corrected chi connectivity index (χ2v) is 5.06. The van der Waals surface area contributed by atoms with Crippen LogP contribution in [0.3, 0.4) is 0 Å². The van der Waals surface area contributed by atoms with Crippen LogP contribution in [0.1, 0.15) is 44.7 Å². The summed E-state index contributed by atoms with van der Waals surface area (Å²) in [5.74, 6) is 1.01. The Hall–Kier alpha value is -1.06. The molecule has 2 atom stereocenters. The lowest BCUT2D eigenvalue weighted by molar-refractivity contribution is 0.140. The van der Waals surface area contributed by atoms with Gasteiger partial charge in [0.05, 0.1) is 13.2 Å². The Labute approximate surface area is 116 Å². The number of hydrogen-bond donors (Lipinski definition) is 1. The largest absolute Gasteiger partial charge is 0.488 e. The van der Waals surface area contributed by atoms with E-state index in [2.05, 4.69) is 37.4 Å². The molecule has 0 amide bonds. The average molecular weight is 263 g/mol. The first-order chi connectivity index (χ1) is 9.35. The van der Waals surface area contributed by atoms with Gasteiger partial charge in [-0.15, -0.1) is 0 Å². The lowest BCUT2D eigenvalue weighted by Gasteiger charge is -2.22. The van der Waals surface area contributed by atoms with Crippen molar-refractivity contribution in [3.05, 3.63) is 29.8 Å². The molecule has 1 heterocycles. The van der Waals surface area contributed by atoms with Crippen molar-refractivity contribution in [1.29, 1.82) is 0 Å². The van der Waals surface area contributed by atoms with Crippen LogP contribution in [-0.4, -0.2) is 25.9 Å². The van der Waals surface area contributed by atoms with E-state index >= 15 is 0 Å². The maximum absolute atomic E-state index is 6.10. The second-order valence-electron chi connectivity index (χ2n) is 5.06. The van der Waals surface area contributed by atoms with Crippen LogP contribution in [0, 0.1) is 0 Å². The van der Waals surface area contributed by atoms with Gasteiger partial charge >= 0.3 is 0 Å². The highest BCUT2D eigenvalue weighted by Gasteiger charge is 2.20. The highest BCUT2D eigenvalue weighted by molar-refractivity contribution is 5.36. The van der Waals surface area contributed by atoms with Crippen LogP contribution in [-0.2, 0) is 4.74 Å². The molecule has 1 aliphatic rings. The summed E-state index contributed by atoms with van der Waals surface area (Å²) in [6.45, 7) is 6.98. The van der Waals surface area contributed by atoms with Crippen molar-refractivity contribution in [3.63, 3.8) is 0 Å². The van der Waals surface area contributed by atoms with Gasteiger partial charge in [0, 0.05) is 18.0 Å². The zero-order chi connectivity index (χ0) is 13.5. The van der Waals surface area contributed by atoms with E-state index in [1.807, 2.05) is 6.07 Å². The number of para-hydroxylation sites is 1. The molecule has 3 nitrogen and oxygen atoms in total. The molecule has 0 saturated carbocycles. The number of nitrogens with one attached hydrogen (secondary N) is 1. The van der Waals surface area contributed by atoms with E-state index in [4.69, 9.17) is 9.47 Å². The Bertz CT molecular complexity index is 375. The van der Waals surface area contributed by atoms with Gasteiger partial charge in [0.1, 0.15) is 11.9 Å². The van der Waals surface area contributed by atoms with Crippen LogP contribution >= 0.6 is 0 Å². The predicted octanol–water partition coefficient (Wildman–Crippen LogP) is 3.31. The molecule has 0 radical (unpaired) electrons. The molecule has 0 bridgehead atoms. The third-order valence-corrected chi connectivity index (χ3v) is 3.52. The summed E-state index contributed by atoms with van der Waals surface area (Å²) in [4.78, 5) is 0. The van der Waals surface area contributed by atoms with Gasteiger partial charge in [0.15, 0.2) is 0 Å². The lowest BCUT2D eigenvalue weighted by atomic mass is 10.0. The summed E-state index contributed by atoms with van der Waals surface area (Å²) in [5, 5.41) is 3.59. The summed E-state index contributed by atoms with van der Waals surface area (Å²) in [6, 6.07) is 8.75. The minimum Gasteiger partial charge on any atom is -0.488 e. The topological polar surface area (TPSA) is 30.5 Å². The maximum Gasteiger partial charge on any atom is 0.124 e. The maximum atomic E-state index is 6.10. The average Bonchev–Trinajstić information content (AvgIpc) is 2.94. The van der Waals surface area contributed by atoms with Crippen molar-refractivity contribution in [3.8, 4) is 5.75 Å². The molecule has 1 aliphatic heterocycles. The second kappa shape index (κ2) is 7.51. The van der Waals surface area contributed by atoms with E-state index in [0.29, 0.717) is 12.6 Å². The highest BCUT2D eigenvalue weighted by Crippen LogP contribution is 2.29. The van der Waals surface area contributed by atoms with Crippen LogP contribution in [0.5, 0.6) is 5.75 Å². The molecular weight excluding hydrogens is 238 g/mol. The third-order valence-electron chi connectivity index (χ3n) is 3.52. The van der Waals surface area contributed by atoms with Crippen molar-refractivity contribution in [2.75, 3.05) is 19.8 Å². The molecule has 0 aliphatic carbocycles. The molecule has 19 heavy (non-hydrogen) atoms. The molecule has 1 aromatic rings. The zero-order valence-electron chi connectivity index (χ0n) is 12.0. The van der Waals surface area contributed by atoms with Gasteiger partial charge in [-0.25, -0.2) is 0 Å². The smallest absolute Gasteiger partial charge is 0.124 e. The summed E-state index contributed by atoms with van der Waals surface area (Å²) in [7, 11) is 0. The van der Waals surface area contributed by atoms with E-state index in [0.717, 1.165) is 38.2 Å². The molecule has 1 fully saturated rings. The Morgan fingerprint density at radius 2 is 2.21 bits per heavy atom. The van der Waals surface area contributed by atoms with Crippen molar-refractivity contribution in [2.24, 2.45) is 0 Å². The molecule has 2 rings (SSSR count). The minimum absolute atomic E-state index is 0.213. The van der Waals surface area contributed by atoms with E-state index < -0.39 is 0 Å². The number of hydrogen-bond acceptors (Lipinski definition) is 3. The fourth-order valence-electron chi connectivity index (χ4n) is 2.45. The summed E-state index contributed by atoms with van der Waals surface area (Å²) in [5.41, 5.74) is 1.27. The molecule has 106 valence electrons. The lowest BCUT2D eigenvalue weighted by Crippen LogP contribution is -2.23. The van der Waals surface area contributed by atoms with Gasteiger partial charge in [0.2, 0.25) is 0 Å². The fourth-order valence-corrected chi connectivity index (χ4v) is 2.45. The van der Waals surface area contributed by atoms with E-state index in [9.17, 15) is 0 Å². The molecule has 1 N–H and O–H groups in total. The number of ether oxygens (including phenoxy) is 2. The van der Waals surface area contributed by atoms with Gasteiger partial charge in [-0.1, -0.05) is 32.0 Å². The normalized spacial score (nSPS) is 20.4. The first-order valence-corrected chi connectivity index (χ1v) is 7.41. The van der Waals surface area contributed by atoms with Crippen LogP contribution in [0.25, 0.3) is 0 Å². The van der Waals surface area contributed by atoms with Crippen molar-refractivity contribution < 1.29 is 9.47 Å². The first-order valence-electron chi connectivity index (χ1n) is 7.41. The quantitative estimate of drug-likeness (QED) is 0.818. The van der Waals surface area contributed by atoms with Crippen LogP contribution in [0.15, 0.2) is 24.3 Å². The number of rotatable bonds is 7. The molecule has 2 unspecified atom stereocenters. The zero-order valence-corrected chi connectivity index (χ0v) is 12.0. The predicted molar refractivity (Wildman–Crippen MR) is 77.6 cm³/mol. The van der Waals surface area contributed by atoms with Gasteiger partial charge in [-0.3, -0.25) is 0 Å². The highest BCUT2D eigenvalue weighted by atomic mass is 16.5. The van der Waals surface area contributed by atoms with E-state index in [1.54, 1.807) is 0 Å². The Balaban J connectivity index is 2.09.